The maximum Gasteiger partial charge on any atom is 0.266 e. The fourth-order valence-electron chi connectivity index (χ4n) is 1.90. The number of hydrogen-bond acceptors (Lipinski definition) is 4. The predicted octanol–water partition coefficient (Wildman–Crippen LogP) is 0.876. The van der Waals surface area contributed by atoms with Gasteiger partial charge in [0.2, 0.25) is 10.0 Å². The number of sulfonamides is 1. The highest BCUT2D eigenvalue weighted by atomic mass is 35.5. The van der Waals surface area contributed by atoms with E-state index in [1.807, 2.05) is 0 Å². The number of rotatable bonds is 5. The maximum absolute atomic E-state index is 11.9. The van der Waals surface area contributed by atoms with E-state index in [1.165, 1.54) is 0 Å². The lowest BCUT2D eigenvalue weighted by atomic mass is 10.2. The molecule has 1 aliphatic heterocycles. The van der Waals surface area contributed by atoms with E-state index < -0.39 is 15.6 Å². The lowest BCUT2D eigenvalue weighted by Crippen LogP contribution is -2.28. The molecule has 1 atom stereocenters. The summed E-state index contributed by atoms with van der Waals surface area (Å²) in [5.41, 5.74) is -0.514. The minimum atomic E-state index is -3.65. The number of aromatic amines is 1. The Kier molecular flexibility index (Phi) is 4.62. The van der Waals surface area contributed by atoms with Crippen molar-refractivity contribution in [3.8, 4) is 0 Å². The van der Waals surface area contributed by atoms with E-state index in [1.54, 1.807) is 0 Å². The zero-order valence-corrected chi connectivity index (χ0v) is 11.8. The summed E-state index contributed by atoms with van der Waals surface area (Å²) >= 11 is 5.60. The molecule has 106 valence electrons. The molecular formula is C11H15ClN2O4S. The number of pyridine rings is 1. The van der Waals surface area contributed by atoms with Gasteiger partial charge in [0.05, 0.1) is 11.0 Å². The highest BCUT2D eigenvalue weighted by Gasteiger charge is 2.18. The molecule has 0 bridgehead atoms. The average molecular weight is 307 g/mol. The summed E-state index contributed by atoms with van der Waals surface area (Å²) in [4.78, 5) is 13.3. The Morgan fingerprint density at radius 1 is 1.53 bits per heavy atom. The molecule has 0 aliphatic carbocycles. The zero-order chi connectivity index (χ0) is 13.9. The molecule has 1 aromatic rings. The molecule has 0 saturated carbocycles. The summed E-state index contributed by atoms with van der Waals surface area (Å²) in [5.74, 6) is 0. The third-order valence-corrected chi connectivity index (χ3v) is 4.65. The first kappa shape index (κ1) is 14.5. The van der Waals surface area contributed by atoms with Crippen molar-refractivity contribution in [2.75, 3.05) is 13.2 Å². The average Bonchev–Trinajstić information content (AvgIpc) is 2.85. The van der Waals surface area contributed by atoms with Gasteiger partial charge >= 0.3 is 0 Å². The van der Waals surface area contributed by atoms with E-state index in [-0.39, 0.29) is 16.0 Å². The van der Waals surface area contributed by atoms with Crippen LogP contribution in [0.2, 0.25) is 5.02 Å². The van der Waals surface area contributed by atoms with Crippen molar-refractivity contribution in [2.45, 2.75) is 30.3 Å². The Bertz CT molecular complexity index is 593. The van der Waals surface area contributed by atoms with Crippen molar-refractivity contribution in [3.05, 3.63) is 27.6 Å². The Labute approximate surface area is 116 Å². The van der Waals surface area contributed by atoms with Gasteiger partial charge in [-0.2, -0.15) is 0 Å². The predicted molar refractivity (Wildman–Crippen MR) is 70.9 cm³/mol. The van der Waals surface area contributed by atoms with Gasteiger partial charge in [-0.15, -0.1) is 0 Å². The number of aromatic nitrogens is 1. The second-order valence-electron chi connectivity index (χ2n) is 4.33. The first-order chi connectivity index (χ1) is 8.99. The van der Waals surface area contributed by atoms with Gasteiger partial charge < -0.3 is 9.72 Å². The number of H-pyrrole nitrogens is 1. The number of nitrogens with one attached hydrogen (secondary N) is 2. The number of ether oxygens (including phenoxy) is 1. The lowest BCUT2D eigenvalue weighted by molar-refractivity contribution is 0.105. The molecule has 2 N–H and O–H groups in total. The van der Waals surface area contributed by atoms with Crippen LogP contribution in [0.3, 0.4) is 0 Å². The van der Waals surface area contributed by atoms with Crippen molar-refractivity contribution >= 4 is 21.6 Å². The van der Waals surface area contributed by atoms with Crippen molar-refractivity contribution in [3.63, 3.8) is 0 Å². The number of hydrogen-bond donors (Lipinski definition) is 2. The minimum Gasteiger partial charge on any atom is -0.378 e. The van der Waals surface area contributed by atoms with Gasteiger partial charge in [0.25, 0.3) is 5.56 Å². The van der Waals surface area contributed by atoms with E-state index >= 15 is 0 Å². The van der Waals surface area contributed by atoms with Gasteiger partial charge in [0, 0.05) is 19.3 Å². The molecular weight excluding hydrogens is 292 g/mol. The van der Waals surface area contributed by atoms with Crippen LogP contribution in [-0.2, 0) is 14.8 Å². The molecule has 8 heteroatoms. The van der Waals surface area contributed by atoms with Crippen molar-refractivity contribution in [2.24, 2.45) is 0 Å². The fourth-order valence-corrected chi connectivity index (χ4v) is 3.18. The van der Waals surface area contributed by atoms with Crippen LogP contribution in [0.1, 0.15) is 19.3 Å². The third kappa shape index (κ3) is 3.79. The zero-order valence-electron chi connectivity index (χ0n) is 10.2. The van der Waals surface area contributed by atoms with Gasteiger partial charge in [-0.3, -0.25) is 4.79 Å². The van der Waals surface area contributed by atoms with Crippen molar-refractivity contribution in [1.82, 2.24) is 9.71 Å². The summed E-state index contributed by atoms with van der Waals surface area (Å²) in [6.07, 6.45) is 3.87. The van der Waals surface area contributed by atoms with Crippen molar-refractivity contribution < 1.29 is 13.2 Å². The highest BCUT2D eigenvalue weighted by molar-refractivity contribution is 7.89. The SMILES string of the molecule is O=c1[nH]cc(S(=O)(=O)NCCC2CCCO2)cc1Cl. The van der Waals surface area contributed by atoms with Gasteiger partial charge in [0.15, 0.2) is 0 Å². The van der Waals surface area contributed by atoms with Gasteiger partial charge in [-0.25, -0.2) is 13.1 Å². The van der Waals surface area contributed by atoms with Crippen molar-refractivity contribution in [1.29, 1.82) is 0 Å². The molecule has 1 aromatic heterocycles. The first-order valence-corrected chi connectivity index (χ1v) is 7.84. The van der Waals surface area contributed by atoms with Crippen LogP contribution in [0.25, 0.3) is 0 Å². The second kappa shape index (κ2) is 6.04. The number of halogens is 1. The van der Waals surface area contributed by atoms with Crippen LogP contribution in [0.15, 0.2) is 22.0 Å². The second-order valence-corrected chi connectivity index (χ2v) is 6.51. The van der Waals surface area contributed by atoms with Crippen LogP contribution in [0, 0.1) is 0 Å². The molecule has 1 fully saturated rings. The Morgan fingerprint density at radius 3 is 2.95 bits per heavy atom. The fraction of sp³-hybridized carbons (Fsp3) is 0.545. The summed E-state index contributed by atoms with van der Waals surface area (Å²) in [7, 11) is -3.65. The molecule has 2 rings (SSSR count). The van der Waals surface area contributed by atoms with E-state index in [2.05, 4.69) is 9.71 Å². The van der Waals surface area contributed by atoms with E-state index in [9.17, 15) is 13.2 Å². The molecule has 1 unspecified atom stereocenters. The van der Waals surface area contributed by atoms with Crippen LogP contribution >= 0.6 is 11.6 Å². The molecule has 0 aromatic carbocycles. The van der Waals surface area contributed by atoms with Crippen LogP contribution in [-0.4, -0.2) is 32.7 Å². The molecule has 1 saturated heterocycles. The smallest absolute Gasteiger partial charge is 0.266 e. The largest absolute Gasteiger partial charge is 0.378 e. The van der Waals surface area contributed by atoms with Crippen LogP contribution in [0.5, 0.6) is 0 Å². The van der Waals surface area contributed by atoms with Crippen LogP contribution < -0.4 is 10.3 Å². The minimum absolute atomic E-state index is 0.0514. The third-order valence-electron chi connectivity index (χ3n) is 2.92. The lowest BCUT2D eigenvalue weighted by Gasteiger charge is -2.10. The molecule has 2 heterocycles. The van der Waals surface area contributed by atoms with Gasteiger partial charge in [-0.1, -0.05) is 11.6 Å². The summed E-state index contributed by atoms with van der Waals surface area (Å²) in [6, 6.07) is 1.13. The highest BCUT2D eigenvalue weighted by Crippen LogP contribution is 2.15. The molecule has 0 radical (unpaired) electrons. The molecule has 0 amide bonds. The Balaban J connectivity index is 1.97. The summed E-state index contributed by atoms with van der Waals surface area (Å²) in [6.45, 7) is 1.04. The molecule has 6 nitrogen and oxygen atoms in total. The van der Waals surface area contributed by atoms with Gasteiger partial charge in [0.1, 0.15) is 5.02 Å². The molecule has 1 aliphatic rings. The Morgan fingerprint density at radius 2 is 2.32 bits per heavy atom. The topological polar surface area (TPSA) is 88.3 Å². The van der Waals surface area contributed by atoms with E-state index in [0.29, 0.717) is 13.0 Å². The monoisotopic (exact) mass is 306 g/mol. The van der Waals surface area contributed by atoms with Gasteiger partial charge in [-0.05, 0) is 25.3 Å². The van der Waals surface area contributed by atoms with E-state index in [0.717, 1.165) is 31.7 Å². The van der Waals surface area contributed by atoms with E-state index in [4.69, 9.17) is 16.3 Å². The maximum atomic E-state index is 11.9. The first-order valence-electron chi connectivity index (χ1n) is 5.98. The molecule has 0 spiro atoms. The standard InChI is InChI=1S/C11H15ClN2O4S/c12-10-6-9(7-13-11(10)15)19(16,17)14-4-3-8-2-1-5-18-8/h6-8,14H,1-5H2,(H,13,15). The quantitative estimate of drug-likeness (QED) is 0.845. The Hall–Kier alpha value is -0.890. The summed E-state index contributed by atoms with van der Waals surface area (Å²) in [5, 5.41) is -0.151. The van der Waals surface area contributed by atoms with Crippen LogP contribution in [0.4, 0.5) is 0 Å². The normalized spacial score (nSPS) is 19.7. The summed E-state index contributed by atoms with van der Waals surface area (Å²) < 4.78 is 31.7. The molecule has 19 heavy (non-hydrogen) atoms.